The van der Waals surface area contributed by atoms with E-state index in [0.717, 1.165) is 4.68 Å². The van der Waals surface area contributed by atoms with Crippen LogP contribution in [0, 0.1) is 0 Å². The van der Waals surface area contributed by atoms with Crippen molar-refractivity contribution in [2.24, 2.45) is 7.05 Å². The van der Waals surface area contributed by atoms with E-state index in [1.54, 1.807) is 0 Å². The van der Waals surface area contributed by atoms with Crippen LogP contribution in [0.5, 0.6) is 0 Å². The number of hydrogen-bond donors (Lipinski definition) is 0. The van der Waals surface area contributed by atoms with E-state index in [9.17, 15) is 4.79 Å². The van der Waals surface area contributed by atoms with E-state index in [1.165, 1.54) is 13.1 Å². The molecule has 0 aliphatic heterocycles. The van der Waals surface area contributed by atoms with E-state index in [1.807, 2.05) is 0 Å². The highest BCUT2D eigenvalue weighted by Crippen LogP contribution is 2.06. The maximum absolute atomic E-state index is 10.8. The van der Waals surface area contributed by atoms with Crippen molar-refractivity contribution in [1.29, 1.82) is 0 Å². The van der Waals surface area contributed by atoms with Crippen LogP contribution in [0.3, 0.4) is 0 Å². The Morgan fingerprint density at radius 1 is 1.60 bits per heavy atom. The molecule has 1 aromatic heterocycles. The van der Waals surface area contributed by atoms with E-state index in [-0.39, 0.29) is 15.7 Å². The molecule has 0 aromatic carbocycles. The Morgan fingerprint density at radius 3 is 2.70 bits per heavy atom. The normalized spacial score (nSPS) is 9.90. The first-order valence-electron chi connectivity index (χ1n) is 2.50. The lowest BCUT2D eigenvalue weighted by molar-refractivity contribution is 0.708. The van der Waals surface area contributed by atoms with Gasteiger partial charge in [0.1, 0.15) is 5.02 Å². The maximum atomic E-state index is 10.8. The summed E-state index contributed by atoms with van der Waals surface area (Å²) < 4.78 is 1.09. The van der Waals surface area contributed by atoms with Crippen LogP contribution in [-0.4, -0.2) is 9.78 Å². The minimum Gasteiger partial charge on any atom is -0.266 e. The summed E-state index contributed by atoms with van der Waals surface area (Å²) in [7, 11) is 1.49. The van der Waals surface area contributed by atoms with Gasteiger partial charge in [-0.2, -0.15) is 5.10 Å². The number of aryl methyl sites for hydroxylation is 1. The zero-order valence-corrected chi connectivity index (χ0v) is 6.65. The highest BCUT2D eigenvalue weighted by Gasteiger charge is 1.99. The van der Waals surface area contributed by atoms with E-state index in [2.05, 4.69) is 5.10 Å². The molecule has 0 atom stereocenters. The average molecular weight is 179 g/mol. The molecule has 0 saturated carbocycles. The molecule has 0 N–H and O–H groups in total. The standard InChI is InChI=1S/C5H4Cl2N2O/c1-9-5(10)3(6)2-4(7)8-9/h2H,1H3. The second-order valence-corrected chi connectivity index (χ2v) is 2.54. The molecule has 0 bridgehead atoms. The van der Waals surface area contributed by atoms with Gasteiger partial charge in [-0.15, -0.1) is 0 Å². The number of rotatable bonds is 0. The zero-order valence-electron chi connectivity index (χ0n) is 5.14. The summed E-state index contributed by atoms with van der Waals surface area (Å²) in [5, 5.41) is 3.92. The van der Waals surface area contributed by atoms with Gasteiger partial charge < -0.3 is 0 Å². The lowest BCUT2D eigenvalue weighted by Gasteiger charge is -1.95. The van der Waals surface area contributed by atoms with Crippen molar-refractivity contribution in [3.8, 4) is 0 Å². The molecule has 10 heavy (non-hydrogen) atoms. The molecular formula is C5H4Cl2N2O. The summed E-state index contributed by atoms with van der Waals surface area (Å²) in [6.07, 6.45) is 0. The third-order valence-electron chi connectivity index (χ3n) is 0.990. The Bertz CT molecular complexity index is 281. The van der Waals surface area contributed by atoms with E-state index < -0.39 is 0 Å². The van der Waals surface area contributed by atoms with Crippen LogP contribution in [0.25, 0.3) is 0 Å². The summed E-state index contributed by atoms with van der Waals surface area (Å²) in [4.78, 5) is 10.8. The van der Waals surface area contributed by atoms with Crippen LogP contribution in [0.15, 0.2) is 10.9 Å². The minimum absolute atomic E-state index is 0.0856. The molecule has 1 heterocycles. The summed E-state index contributed by atoms with van der Waals surface area (Å²) in [5.41, 5.74) is -0.342. The molecule has 3 nitrogen and oxygen atoms in total. The highest BCUT2D eigenvalue weighted by atomic mass is 35.5. The van der Waals surface area contributed by atoms with E-state index >= 15 is 0 Å². The van der Waals surface area contributed by atoms with Crippen LogP contribution in [0.4, 0.5) is 0 Å². The maximum Gasteiger partial charge on any atom is 0.285 e. The van der Waals surface area contributed by atoms with Crippen LogP contribution < -0.4 is 5.56 Å². The molecule has 0 radical (unpaired) electrons. The molecular weight excluding hydrogens is 175 g/mol. The van der Waals surface area contributed by atoms with Gasteiger partial charge >= 0.3 is 0 Å². The number of aromatic nitrogens is 2. The van der Waals surface area contributed by atoms with E-state index in [0.29, 0.717) is 0 Å². The quantitative estimate of drug-likeness (QED) is 0.597. The van der Waals surface area contributed by atoms with Crippen LogP contribution in [0.2, 0.25) is 10.2 Å². The number of halogens is 2. The Kier molecular flexibility index (Phi) is 1.97. The Labute approximate surface area is 67.2 Å². The fraction of sp³-hybridized carbons (Fsp3) is 0.200. The third-order valence-corrected chi connectivity index (χ3v) is 1.45. The fourth-order valence-electron chi connectivity index (χ4n) is 0.538. The van der Waals surface area contributed by atoms with Crippen molar-refractivity contribution in [1.82, 2.24) is 9.78 Å². The predicted molar refractivity (Wildman–Crippen MR) is 39.5 cm³/mol. The second-order valence-electron chi connectivity index (χ2n) is 1.74. The molecule has 0 amide bonds. The van der Waals surface area contributed by atoms with Gasteiger partial charge in [0.25, 0.3) is 5.56 Å². The molecule has 5 heteroatoms. The first kappa shape index (κ1) is 7.57. The summed E-state index contributed by atoms with van der Waals surface area (Å²) >= 11 is 10.9. The van der Waals surface area contributed by atoms with Crippen molar-refractivity contribution in [3.63, 3.8) is 0 Å². The van der Waals surface area contributed by atoms with Gasteiger partial charge in [0.05, 0.1) is 0 Å². The molecule has 0 aliphatic carbocycles. The van der Waals surface area contributed by atoms with Crippen molar-refractivity contribution < 1.29 is 0 Å². The van der Waals surface area contributed by atoms with Crippen LogP contribution in [0.1, 0.15) is 0 Å². The van der Waals surface area contributed by atoms with Crippen LogP contribution in [-0.2, 0) is 7.05 Å². The highest BCUT2D eigenvalue weighted by molar-refractivity contribution is 6.33. The van der Waals surface area contributed by atoms with Gasteiger partial charge in [-0.3, -0.25) is 4.79 Å². The Balaban J connectivity index is 3.46. The Hall–Kier alpha value is -0.540. The van der Waals surface area contributed by atoms with Crippen molar-refractivity contribution in [2.45, 2.75) is 0 Å². The topological polar surface area (TPSA) is 34.9 Å². The summed E-state index contributed by atoms with van der Waals surface area (Å²) in [5.74, 6) is 0. The van der Waals surface area contributed by atoms with Crippen molar-refractivity contribution >= 4 is 23.2 Å². The molecule has 0 unspecified atom stereocenters. The van der Waals surface area contributed by atoms with E-state index in [4.69, 9.17) is 23.2 Å². The van der Waals surface area contributed by atoms with Crippen LogP contribution >= 0.6 is 23.2 Å². The third kappa shape index (κ3) is 1.30. The van der Waals surface area contributed by atoms with Gasteiger partial charge in [0.15, 0.2) is 5.15 Å². The van der Waals surface area contributed by atoms with Gasteiger partial charge in [-0.1, -0.05) is 23.2 Å². The molecule has 1 rings (SSSR count). The van der Waals surface area contributed by atoms with Crippen molar-refractivity contribution in [2.75, 3.05) is 0 Å². The van der Waals surface area contributed by atoms with Gasteiger partial charge in [-0.25, -0.2) is 4.68 Å². The molecule has 0 spiro atoms. The largest absolute Gasteiger partial charge is 0.285 e. The smallest absolute Gasteiger partial charge is 0.266 e. The fourth-order valence-corrected chi connectivity index (χ4v) is 1.04. The monoisotopic (exact) mass is 178 g/mol. The van der Waals surface area contributed by atoms with Gasteiger partial charge in [0, 0.05) is 13.1 Å². The minimum atomic E-state index is -0.342. The Morgan fingerprint density at radius 2 is 2.20 bits per heavy atom. The first-order valence-corrected chi connectivity index (χ1v) is 3.26. The van der Waals surface area contributed by atoms with Gasteiger partial charge in [-0.05, 0) is 0 Å². The number of nitrogens with zero attached hydrogens (tertiary/aromatic N) is 2. The predicted octanol–water partition coefficient (Wildman–Crippen LogP) is 1.09. The van der Waals surface area contributed by atoms with Crippen molar-refractivity contribution in [3.05, 3.63) is 26.6 Å². The summed E-state index contributed by atoms with van der Waals surface area (Å²) in [6.45, 7) is 0. The SMILES string of the molecule is Cn1nc(Cl)cc(Cl)c1=O. The molecule has 1 aromatic rings. The lowest BCUT2D eigenvalue weighted by Crippen LogP contribution is -2.19. The molecule has 0 aliphatic rings. The summed E-state index contributed by atoms with van der Waals surface area (Å²) in [6, 6.07) is 1.31. The molecule has 0 saturated heterocycles. The lowest BCUT2D eigenvalue weighted by atomic mass is 10.6. The molecule has 0 fully saturated rings. The first-order chi connectivity index (χ1) is 4.61. The number of hydrogen-bond acceptors (Lipinski definition) is 2. The second kappa shape index (κ2) is 2.60. The molecule has 54 valence electrons. The zero-order chi connectivity index (χ0) is 7.72. The van der Waals surface area contributed by atoms with Gasteiger partial charge in [0.2, 0.25) is 0 Å². The average Bonchev–Trinajstić information content (AvgIpc) is 1.82.